The number of benzene rings is 3. The second-order valence-electron chi connectivity index (χ2n) is 11.8. The highest BCUT2D eigenvalue weighted by Crippen LogP contribution is 2.40. The first-order valence-electron chi connectivity index (χ1n) is 15.8. The van der Waals surface area contributed by atoms with Crippen LogP contribution in [0.3, 0.4) is 0 Å². The SMILES string of the molecule is COc1ccc(CC2c3cc(OC)c(OC)cc3CCN2CCC/C(C(=O)O)=C(\CCCN(C)Cc2ccccc2)C(=O)O)cc1. The fraction of sp³-hybridized carbons (Fsp3) is 0.405. The summed E-state index contributed by atoms with van der Waals surface area (Å²) in [4.78, 5) is 29.1. The Kier molecular flexibility index (Phi) is 12.6. The van der Waals surface area contributed by atoms with E-state index in [2.05, 4.69) is 40.1 Å². The Morgan fingerprint density at radius 2 is 1.46 bits per heavy atom. The van der Waals surface area contributed by atoms with Crippen LogP contribution in [0.25, 0.3) is 0 Å². The molecular formula is C37H46N2O7. The molecule has 1 atom stereocenters. The van der Waals surface area contributed by atoms with Crippen LogP contribution in [0.15, 0.2) is 77.9 Å². The van der Waals surface area contributed by atoms with Gasteiger partial charge in [0.2, 0.25) is 0 Å². The van der Waals surface area contributed by atoms with Crippen molar-refractivity contribution in [3.8, 4) is 17.2 Å². The van der Waals surface area contributed by atoms with Crippen molar-refractivity contribution in [2.75, 3.05) is 48.0 Å². The molecule has 0 saturated carbocycles. The van der Waals surface area contributed by atoms with Crippen molar-refractivity contribution >= 4 is 11.9 Å². The van der Waals surface area contributed by atoms with Crippen LogP contribution in [0.4, 0.5) is 0 Å². The standard InChI is InChI=1S/C37H46N2O7/c1-38(25-27-10-6-5-7-11-27)19-8-12-30(36(40)41)31(37(42)43)13-9-20-39-21-18-28-23-34(45-3)35(46-4)24-32(28)33(39)22-26-14-16-29(44-2)17-15-26/h5-7,10-11,14-17,23-24,33H,8-9,12-13,18-22,25H2,1-4H3,(H,40,41)(H,42,43)/b31-30-. The summed E-state index contributed by atoms with van der Waals surface area (Å²) in [6, 6.07) is 22.2. The molecule has 46 heavy (non-hydrogen) atoms. The fourth-order valence-electron chi connectivity index (χ4n) is 6.30. The molecule has 0 aliphatic carbocycles. The Bertz CT molecular complexity index is 1490. The lowest BCUT2D eigenvalue weighted by Gasteiger charge is -2.38. The topological polar surface area (TPSA) is 109 Å². The Labute approximate surface area is 272 Å². The molecule has 0 saturated heterocycles. The van der Waals surface area contributed by atoms with Gasteiger partial charge in [-0.3, -0.25) is 4.90 Å². The van der Waals surface area contributed by atoms with E-state index < -0.39 is 11.9 Å². The van der Waals surface area contributed by atoms with Gasteiger partial charge in [0.1, 0.15) is 5.75 Å². The van der Waals surface area contributed by atoms with Crippen molar-refractivity contribution in [3.05, 3.63) is 100 Å². The molecule has 0 fully saturated rings. The fourth-order valence-corrected chi connectivity index (χ4v) is 6.30. The van der Waals surface area contributed by atoms with Crippen LogP contribution in [0, 0.1) is 0 Å². The highest BCUT2D eigenvalue weighted by Gasteiger charge is 2.30. The van der Waals surface area contributed by atoms with E-state index in [9.17, 15) is 19.8 Å². The molecule has 9 heteroatoms. The van der Waals surface area contributed by atoms with Gasteiger partial charge in [-0.25, -0.2) is 9.59 Å². The monoisotopic (exact) mass is 630 g/mol. The zero-order valence-electron chi connectivity index (χ0n) is 27.3. The lowest BCUT2D eigenvalue weighted by molar-refractivity contribution is -0.136. The minimum Gasteiger partial charge on any atom is -0.497 e. The van der Waals surface area contributed by atoms with Crippen LogP contribution in [0.1, 0.15) is 54.0 Å². The predicted molar refractivity (Wildman–Crippen MR) is 178 cm³/mol. The van der Waals surface area contributed by atoms with Gasteiger partial charge >= 0.3 is 11.9 Å². The first-order valence-corrected chi connectivity index (χ1v) is 15.8. The van der Waals surface area contributed by atoms with Crippen molar-refractivity contribution in [2.24, 2.45) is 0 Å². The van der Waals surface area contributed by atoms with Crippen molar-refractivity contribution in [1.82, 2.24) is 9.80 Å². The van der Waals surface area contributed by atoms with Gasteiger partial charge in [0, 0.05) is 30.3 Å². The Morgan fingerprint density at radius 1 is 0.826 bits per heavy atom. The molecule has 4 rings (SSSR count). The molecule has 0 amide bonds. The lowest BCUT2D eigenvalue weighted by atomic mass is 9.87. The van der Waals surface area contributed by atoms with E-state index >= 15 is 0 Å². The van der Waals surface area contributed by atoms with Crippen LogP contribution < -0.4 is 14.2 Å². The number of carbonyl (C=O) groups is 2. The number of aliphatic carboxylic acids is 2. The number of ether oxygens (including phenoxy) is 3. The molecular weight excluding hydrogens is 584 g/mol. The smallest absolute Gasteiger partial charge is 0.332 e. The third-order valence-electron chi connectivity index (χ3n) is 8.72. The van der Waals surface area contributed by atoms with Gasteiger partial charge in [-0.15, -0.1) is 0 Å². The molecule has 0 aromatic heterocycles. The van der Waals surface area contributed by atoms with Gasteiger partial charge in [-0.2, -0.15) is 0 Å². The largest absolute Gasteiger partial charge is 0.497 e. The summed E-state index contributed by atoms with van der Waals surface area (Å²) >= 11 is 0. The van der Waals surface area contributed by atoms with Crippen LogP contribution in [0.5, 0.6) is 17.2 Å². The van der Waals surface area contributed by atoms with E-state index in [1.807, 2.05) is 43.4 Å². The zero-order chi connectivity index (χ0) is 33.1. The second-order valence-corrected chi connectivity index (χ2v) is 11.8. The van der Waals surface area contributed by atoms with Crippen LogP contribution >= 0.6 is 0 Å². The summed E-state index contributed by atoms with van der Waals surface area (Å²) in [6.45, 7) is 2.81. The van der Waals surface area contributed by atoms with Gasteiger partial charge < -0.3 is 29.3 Å². The van der Waals surface area contributed by atoms with E-state index in [4.69, 9.17) is 14.2 Å². The highest BCUT2D eigenvalue weighted by molar-refractivity contribution is 5.98. The molecule has 1 unspecified atom stereocenters. The number of hydrogen-bond donors (Lipinski definition) is 2. The molecule has 3 aromatic carbocycles. The van der Waals surface area contributed by atoms with E-state index in [0.717, 1.165) is 42.8 Å². The average molecular weight is 631 g/mol. The molecule has 0 radical (unpaired) electrons. The number of carboxylic acid groups (broad SMARTS) is 2. The lowest BCUT2D eigenvalue weighted by Crippen LogP contribution is -2.37. The Balaban J connectivity index is 1.48. The van der Waals surface area contributed by atoms with Gasteiger partial charge in [-0.05, 0) is 105 Å². The minimum absolute atomic E-state index is 0.00350. The summed E-state index contributed by atoms with van der Waals surface area (Å²) in [5.74, 6) is -0.166. The van der Waals surface area contributed by atoms with Gasteiger partial charge in [0.25, 0.3) is 0 Å². The van der Waals surface area contributed by atoms with Crippen molar-refractivity contribution in [3.63, 3.8) is 0 Å². The summed E-state index contributed by atoms with van der Waals surface area (Å²) in [6.07, 6.45) is 3.02. The Morgan fingerprint density at radius 3 is 2.07 bits per heavy atom. The molecule has 246 valence electrons. The third-order valence-corrected chi connectivity index (χ3v) is 8.72. The van der Waals surface area contributed by atoms with E-state index in [1.165, 1.54) is 11.1 Å². The molecule has 9 nitrogen and oxygen atoms in total. The summed E-state index contributed by atoms with van der Waals surface area (Å²) in [7, 11) is 6.90. The normalized spacial score (nSPS) is 15.2. The zero-order valence-corrected chi connectivity index (χ0v) is 27.3. The average Bonchev–Trinajstić information content (AvgIpc) is 3.06. The number of methoxy groups -OCH3 is 3. The van der Waals surface area contributed by atoms with E-state index in [1.54, 1.807) is 21.3 Å². The molecule has 0 bridgehead atoms. The first kappa shape index (κ1) is 34.5. The number of fused-ring (bicyclic) bond motifs is 1. The van der Waals surface area contributed by atoms with Gasteiger partial charge in [0.15, 0.2) is 11.5 Å². The van der Waals surface area contributed by atoms with Gasteiger partial charge in [0.05, 0.1) is 21.3 Å². The summed E-state index contributed by atoms with van der Waals surface area (Å²) < 4.78 is 16.6. The molecule has 1 heterocycles. The van der Waals surface area contributed by atoms with Crippen LogP contribution in [-0.4, -0.2) is 80.0 Å². The quantitative estimate of drug-likeness (QED) is 0.173. The number of rotatable bonds is 17. The van der Waals surface area contributed by atoms with Crippen molar-refractivity contribution < 1.29 is 34.0 Å². The maximum Gasteiger partial charge on any atom is 0.332 e. The maximum atomic E-state index is 12.3. The predicted octanol–water partition coefficient (Wildman–Crippen LogP) is 6.01. The van der Waals surface area contributed by atoms with E-state index in [0.29, 0.717) is 37.4 Å². The highest BCUT2D eigenvalue weighted by atomic mass is 16.5. The number of nitrogens with zero attached hydrogens (tertiary/aromatic N) is 2. The molecule has 2 N–H and O–H groups in total. The molecule has 0 spiro atoms. The van der Waals surface area contributed by atoms with Crippen molar-refractivity contribution in [1.29, 1.82) is 0 Å². The number of carboxylic acids is 2. The maximum absolute atomic E-state index is 12.3. The molecule has 3 aromatic rings. The minimum atomic E-state index is -1.16. The second kappa shape index (κ2) is 16.8. The molecule has 1 aliphatic heterocycles. The summed E-state index contributed by atoms with van der Waals surface area (Å²) in [5.41, 5.74) is 4.66. The van der Waals surface area contributed by atoms with E-state index in [-0.39, 0.29) is 30.0 Å². The third kappa shape index (κ3) is 9.11. The van der Waals surface area contributed by atoms with Crippen molar-refractivity contribution in [2.45, 2.75) is 51.1 Å². The van der Waals surface area contributed by atoms with Crippen LogP contribution in [-0.2, 0) is 29.0 Å². The Hall–Kier alpha value is -4.34. The summed E-state index contributed by atoms with van der Waals surface area (Å²) in [5, 5.41) is 20.1. The number of hydrogen-bond acceptors (Lipinski definition) is 7. The first-order chi connectivity index (χ1) is 22.2. The van der Waals surface area contributed by atoms with Crippen LogP contribution in [0.2, 0.25) is 0 Å². The van der Waals surface area contributed by atoms with Gasteiger partial charge in [-0.1, -0.05) is 42.5 Å². The molecule has 1 aliphatic rings.